The molecule has 1 rings (SSSR count). The second kappa shape index (κ2) is 5.16. The highest BCUT2D eigenvalue weighted by Gasteiger charge is 2.27. The van der Waals surface area contributed by atoms with Crippen molar-refractivity contribution >= 4 is 27.8 Å². The molecule has 0 fully saturated rings. The Labute approximate surface area is 101 Å². The molecule has 0 aliphatic rings. The Hall–Kier alpha value is -1.30. The van der Waals surface area contributed by atoms with Crippen molar-refractivity contribution in [1.82, 2.24) is 4.90 Å². The number of amides is 1. The first-order valence-corrected chi connectivity index (χ1v) is 5.51. The van der Waals surface area contributed by atoms with E-state index >= 15 is 0 Å². The molecule has 0 saturated heterocycles. The second-order valence-corrected chi connectivity index (χ2v) is 4.01. The maximum Gasteiger partial charge on any atom is 0.326 e. The fourth-order valence-corrected chi connectivity index (χ4v) is 1.80. The van der Waals surface area contributed by atoms with Gasteiger partial charge >= 0.3 is 5.97 Å². The fraction of sp³-hybridized carbons (Fsp3) is 0.400. The molecule has 0 aliphatic heterocycles. The number of carbonyl (C=O) groups excluding carboxylic acids is 1. The van der Waals surface area contributed by atoms with Crippen LogP contribution in [0.25, 0.3) is 0 Å². The summed E-state index contributed by atoms with van der Waals surface area (Å²) in [6, 6.07) is 0.673. The number of hydrogen-bond donors (Lipinski definition) is 1. The number of aliphatic carboxylic acids is 1. The zero-order chi connectivity index (χ0) is 12.3. The number of nitrogens with zero attached hydrogens (tertiary/aromatic N) is 1. The minimum absolute atomic E-state index is 0.310. The molecular weight excluding hydrogens is 278 g/mol. The highest BCUT2D eigenvalue weighted by atomic mass is 79.9. The molecule has 16 heavy (non-hydrogen) atoms. The maximum absolute atomic E-state index is 11.9. The van der Waals surface area contributed by atoms with Crippen LogP contribution in [0.3, 0.4) is 0 Å². The Bertz CT molecular complexity index is 401. The van der Waals surface area contributed by atoms with Gasteiger partial charge in [0.1, 0.15) is 6.04 Å². The Morgan fingerprint density at radius 2 is 2.25 bits per heavy atom. The van der Waals surface area contributed by atoms with Gasteiger partial charge in [0.15, 0.2) is 4.67 Å². The third kappa shape index (κ3) is 2.44. The number of carboxylic acid groups (broad SMARTS) is 1. The molecule has 0 bridgehead atoms. The molecule has 0 aliphatic carbocycles. The van der Waals surface area contributed by atoms with Gasteiger partial charge in [0.2, 0.25) is 0 Å². The standard InChI is InChI=1S/C10H12BrNO4/c1-3-7(10(14)15)12(2)9(13)6-4-5-16-8(6)11/h4-5,7H,3H2,1-2H3,(H,14,15). The Kier molecular flexibility index (Phi) is 4.12. The molecule has 1 unspecified atom stereocenters. The Morgan fingerprint density at radius 3 is 2.62 bits per heavy atom. The summed E-state index contributed by atoms with van der Waals surface area (Å²) in [6.07, 6.45) is 1.72. The van der Waals surface area contributed by atoms with Crippen LogP contribution in [-0.2, 0) is 4.79 Å². The lowest BCUT2D eigenvalue weighted by atomic mass is 10.2. The van der Waals surface area contributed by atoms with Crippen molar-refractivity contribution in [3.05, 3.63) is 22.6 Å². The van der Waals surface area contributed by atoms with Crippen molar-refractivity contribution in [3.63, 3.8) is 0 Å². The molecule has 88 valence electrons. The van der Waals surface area contributed by atoms with Gasteiger partial charge in [0.05, 0.1) is 11.8 Å². The fourth-order valence-electron chi connectivity index (χ4n) is 1.39. The van der Waals surface area contributed by atoms with Crippen LogP contribution in [0, 0.1) is 0 Å². The molecular formula is C10H12BrNO4. The summed E-state index contributed by atoms with van der Waals surface area (Å²) in [7, 11) is 1.46. The van der Waals surface area contributed by atoms with E-state index in [1.165, 1.54) is 24.3 Å². The number of halogens is 1. The number of hydrogen-bond acceptors (Lipinski definition) is 3. The highest BCUT2D eigenvalue weighted by Crippen LogP contribution is 2.20. The van der Waals surface area contributed by atoms with Crippen molar-refractivity contribution in [2.24, 2.45) is 0 Å². The average molecular weight is 290 g/mol. The topological polar surface area (TPSA) is 70.8 Å². The predicted octanol–water partition coefficient (Wildman–Crippen LogP) is 1.98. The summed E-state index contributed by atoms with van der Waals surface area (Å²) in [5.74, 6) is -1.40. The molecule has 0 spiro atoms. The molecule has 6 heteroatoms. The van der Waals surface area contributed by atoms with E-state index in [0.29, 0.717) is 16.7 Å². The minimum atomic E-state index is -1.02. The summed E-state index contributed by atoms with van der Waals surface area (Å²) in [4.78, 5) is 24.0. The highest BCUT2D eigenvalue weighted by molar-refractivity contribution is 9.10. The number of carbonyl (C=O) groups is 2. The molecule has 1 atom stereocenters. The van der Waals surface area contributed by atoms with Gasteiger partial charge in [0.25, 0.3) is 5.91 Å². The van der Waals surface area contributed by atoms with E-state index in [0.717, 1.165) is 0 Å². The average Bonchev–Trinajstić information content (AvgIpc) is 2.63. The third-order valence-electron chi connectivity index (χ3n) is 2.31. The van der Waals surface area contributed by atoms with Crippen LogP contribution >= 0.6 is 15.9 Å². The second-order valence-electron chi connectivity index (χ2n) is 3.29. The summed E-state index contributed by atoms with van der Waals surface area (Å²) < 4.78 is 5.24. The largest absolute Gasteiger partial charge is 0.480 e. The van der Waals surface area contributed by atoms with Crippen molar-refractivity contribution in [1.29, 1.82) is 0 Å². The van der Waals surface area contributed by atoms with Crippen LogP contribution in [0.4, 0.5) is 0 Å². The van der Waals surface area contributed by atoms with E-state index in [-0.39, 0.29) is 5.91 Å². The van der Waals surface area contributed by atoms with Gasteiger partial charge in [-0.15, -0.1) is 0 Å². The lowest BCUT2D eigenvalue weighted by molar-refractivity contribution is -0.142. The smallest absolute Gasteiger partial charge is 0.326 e. The maximum atomic E-state index is 11.9. The van der Waals surface area contributed by atoms with Crippen LogP contribution in [-0.4, -0.2) is 35.0 Å². The zero-order valence-corrected chi connectivity index (χ0v) is 10.5. The third-order valence-corrected chi connectivity index (χ3v) is 2.92. The van der Waals surface area contributed by atoms with Crippen LogP contribution in [0.15, 0.2) is 21.4 Å². The van der Waals surface area contributed by atoms with Gasteiger partial charge in [-0.05, 0) is 28.4 Å². The SMILES string of the molecule is CCC(C(=O)O)N(C)C(=O)c1ccoc1Br. The van der Waals surface area contributed by atoms with E-state index in [2.05, 4.69) is 15.9 Å². The number of rotatable bonds is 4. The molecule has 0 aromatic carbocycles. The quantitative estimate of drug-likeness (QED) is 0.920. The Balaban J connectivity index is 2.90. The van der Waals surface area contributed by atoms with Gasteiger partial charge in [-0.25, -0.2) is 4.79 Å². The molecule has 1 N–H and O–H groups in total. The lowest BCUT2D eigenvalue weighted by Crippen LogP contribution is -2.41. The van der Waals surface area contributed by atoms with Crippen LogP contribution < -0.4 is 0 Å². The minimum Gasteiger partial charge on any atom is -0.480 e. The summed E-state index contributed by atoms with van der Waals surface area (Å²) in [5, 5.41) is 8.93. The summed E-state index contributed by atoms with van der Waals surface area (Å²) >= 11 is 3.08. The zero-order valence-electron chi connectivity index (χ0n) is 8.94. The predicted molar refractivity (Wildman–Crippen MR) is 60.2 cm³/mol. The van der Waals surface area contributed by atoms with E-state index in [1.54, 1.807) is 6.92 Å². The first-order valence-electron chi connectivity index (χ1n) is 4.72. The molecule has 5 nitrogen and oxygen atoms in total. The number of carboxylic acids is 1. The van der Waals surface area contributed by atoms with Crippen LogP contribution in [0.2, 0.25) is 0 Å². The van der Waals surface area contributed by atoms with Crippen molar-refractivity contribution in [2.45, 2.75) is 19.4 Å². The van der Waals surface area contributed by atoms with Crippen LogP contribution in [0.5, 0.6) is 0 Å². The van der Waals surface area contributed by atoms with E-state index in [4.69, 9.17) is 9.52 Å². The van der Waals surface area contributed by atoms with Crippen LogP contribution in [0.1, 0.15) is 23.7 Å². The van der Waals surface area contributed by atoms with E-state index < -0.39 is 12.0 Å². The van der Waals surface area contributed by atoms with E-state index in [9.17, 15) is 9.59 Å². The molecule has 1 aromatic heterocycles. The molecule has 1 heterocycles. The van der Waals surface area contributed by atoms with Gasteiger partial charge in [-0.3, -0.25) is 4.79 Å². The number of likely N-dealkylation sites (N-methyl/N-ethyl adjacent to an activating group) is 1. The first kappa shape index (κ1) is 12.8. The molecule has 0 radical (unpaired) electrons. The summed E-state index contributed by atoms with van der Waals surface area (Å²) in [6.45, 7) is 1.72. The first-order chi connectivity index (χ1) is 7.49. The van der Waals surface area contributed by atoms with Gasteiger partial charge < -0.3 is 14.4 Å². The summed E-state index contributed by atoms with van der Waals surface area (Å²) in [5.41, 5.74) is 0.321. The Morgan fingerprint density at radius 1 is 1.62 bits per heavy atom. The van der Waals surface area contributed by atoms with E-state index in [1.807, 2.05) is 0 Å². The van der Waals surface area contributed by atoms with Gasteiger partial charge in [0, 0.05) is 7.05 Å². The van der Waals surface area contributed by atoms with Gasteiger partial charge in [-0.1, -0.05) is 6.92 Å². The van der Waals surface area contributed by atoms with Crippen molar-refractivity contribution < 1.29 is 19.1 Å². The van der Waals surface area contributed by atoms with Gasteiger partial charge in [-0.2, -0.15) is 0 Å². The monoisotopic (exact) mass is 289 g/mol. The molecule has 1 amide bonds. The lowest BCUT2D eigenvalue weighted by Gasteiger charge is -2.23. The molecule has 0 saturated carbocycles. The van der Waals surface area contributed by atoms with Crippen molar-refractivity contribution in [2.75, 3.05) is 7.05 Å². The number of furan rings is 1. The van der Waals surface area contributed by atoms with Crippen molar-refractivity contribution in [3.8, 4) is 0 Å². The normalized spacial score (nSPS) is 12.2. The molecule has 1 aromatic rings.